The van der Waals surface area contributed by atoms with Crippen LogP contribution in [0.25, 0.3) is 0 Å². The number of benzene rings is 1. The Morgan fingerprint density at radius 1 is 1.47 bits per heavy atom. The maximum atomic E-state index is 13.6. The number of anilines is 1. The third-order valence-electron chi connectivity index (χ3n) is 1.93. The third-order valence-corrected chi connectivity index (χ3v) is 2.03. The van der Waals surface area contributed by atoms with E-state index in [1.165, 1.54) is 20.3 Å². The summed E-state index contributed by atoms with van der Waals surface area (Å²) in [5, 5.41) is 2.46. The average Bonchev–Trinajstić information content (AvgIpc) is 2.26. The van der Waals surface area contributed by atoms with Gasteiger partial charge in [0.15, 0.2) is 16.7 Å². The molecule has 92 valence electrons. The number of ether oxygens (including phenoxy) is 2. The lowest BCUT2D eigenvalue weighted by Crippen LogP contribution is -2.20. The molecule has 0 aliphatic carbocycles. The van der Waals surface area contributed by atoms with Crippen LogP contribution in [0.1, 0.15) is 10.4 Å². The standard InChI is InChI=1S/C10H11FN2O3S/c1-15-8-6(11)3-5(9(14)16-2)4-7(8)13-10(12)17/h3-4H,1-2H3,(H3,12,13,17). The number of carbonyl (C=O) groups excluding carboxylic acids is 1. The molecule has 3 N–H and O–H groups in total. The topological polar surface area (TPSA) is 73.6 Å². The molecule has 5 nitrogen and oxygen atoms in total. The largest absolute Gasteiger partial charge is 0.492 e. The molecule has 7 heteroatoms. The first kappa shape index (κ1) is 13.2. The van der Waals surface area contributed by atoms with Crippen molar-refractivity contribution in [2.45, 2.75) is 0 Å². The molecular weight excluding hydrogens is 247 g/mol. The zero-order valence-electron chi connectivity index (χ0n) is 9.24. The number of thiocarbonyl (C=S) groups is 1. The fourth-order valence-electron chi connectivity index (χ4n) is 1.26. The van der Waals surface area contributed by atoms with Crippen LogP contribution in [-0.2, 0) is 4.74 Å². The normalized spacial score (nSPS) is 9.59. The number of esters is 1. The summed E-state index contributed by atoms with van der Waals surface area (Å²) in [6.07, 6.45) is 0. The number of carbonyl (C=O) groups is 1. The van der Waals surface area contributed by atoms with E-state index in [2.05, 4.69) is 22.3 Å². The van der Waals surface area contributed by atoms with Gasteiger partial charge in [-0.1, -0.05) is 0 Å². The lowest BCUT2D eigenvalue weighted by Gasteiger charge is -2.12. The van der Waals surface area contributed by atoms with Gasteiger partial charge in [0.05, 0.1) is 25.5 Å². The second-order valence-electron chi connectivity index (χ2n) is 3.02. The fraction of sp³-hybridized carbons (Fsp3) is 0.200. The lowest BCUT2D eigenvalue weighted by atomic mass is 10.1. The smallest absolute Gasteiger partial charge is 0.338 e. The van der Waals surface area contributed by atoms with E-state index in [9.17, 15) is 9.18 Å². The Morgan fingerprint density at radius 2 is 2.12 bits per heavy atom. The minimum Gasteiger partial charge on any atom is -0.492 e. The molecule has 0 heterocycles. The highest BCUT2D eigenvalue weighted by Gasteiger charge is 2.16. The highest BCUT2D eigenvalue weighted by molar-refractivity contribution is 7.80. The number of rotatable bonds is 3. The molecule has 0 bridgehead atoms. The van der Waals surface area contributed by atoms with Gasteiger partial charge in [0.1, 0.15) is 0 Å². The fourth-order valence-corrected chi connectivity index (χ4v) is 1.37. The van der Waals surface area contributed by atoms with Crippen LogP contribution in [0, 0.1) is 5.82 Å². The van der Waals surface area contributed by atoms with Crippen molar-refractivity contribution in [3.05, 3.63) is 23.5 Å². The molecule has 0 aliphatic rings. The van der Waals surface area contributed by atoms with Crippen molar-refractivity contribution >= 4 is 29.0 Å². The molecule has 0 aliphatic heterocycles. The Hall–Kier alpha value is -1.89. The number of nitrogens with two attached hydrogens (primary N) is 1. The molecule has 1 aromatic rings. The number of nitrogens with one attached hydrogen (secondary N) is 1. The number of hydrogen-bond acceptors (Lipinski definition) is 4. The summed E-state index contributed by atoms with van der Waals surface area (Å²) in [6, 6.07) is 2.35. The van der Waals surface area contributed by atoms with E-state index in [-0.39, 0.29) is 22.1 Å². The van der Waals surface area contributed by atoms with Gasteiger partial charge in [-0.25, -0.2) is 9.18 Å². The third kappa shape index (κ3) is 3.04. The summed E-state index contributed by atoms with van der Waals surface area (Å²) in [7, 11) is 2.49. The van der Waals surface area contributed by atoms with Crippen molar-refractivity contribution in [3.8, 4) is 5.75 Å². The molecule has 0 aromatic heterocycles. The van der Waals surface area contributed by atoms with E-state index in [0.717, 1.165) is 6.07 Å². The molecule has 0 radical (unpaired) electrons. The van der Waals surface area contributed by atoms with Gasteiger partial charge in [-0.15, -0.1) is 0 Å². The van der Waals surface area contributed by atoms with Gasteiger partial charge in [0.2, 0.25) is 0 Å². The predicted octanol–water partition coefficient (Wildman–Crippen LogP) is 1.28. The van der Waals surface area contributed by atoms with Crippen LogP contribution in [-0.4, -0.2) is 25.3 Å². The second-order valence-corrected chi connectivity index (χ2v) is 3.46. The Kier molecular flexibility index (Phi) is 4.22. The van der Waals surface area contributed by atoms with Crippen molar-refractivity contribution in [1.29, 1.82) is 0 Å². The molecule has 0 fully saturated rings. The first-order valence-electron chi connectivity index (χ1n) is 4.52. The Balaban J connectivity index is 3.27. The monoisotopic (exact) mass is 258 g/mol. The van der Waals surface area contributed by atoms with E-state index in [4.69, 9.17) is 10.5 Å². The molecule has 1 aromatic carbocycles. The molecule has 1 rings (SSSR count). The van der Waals surface area contributed by atoms with E-state index in [0.29, 0.717) is 0 Å². The van der Waals surface area contributed by atoms with Crippen LogP contribution < -0.4 is 15.8 Å². The van der Waals surface area contributed by atoms with Gasteiger partial charge in [0.25, 0.3) is 0 Å². The molecule has 0 unspecified atom stereocenters. The number of hydrogen-bond donors (Lipinski definition) is 2. The highest BCUT2D eigenvalue weighted by atomic mass is 32.1. The summed E-state index contributed by atoms with van der Waals surface area (Å²) >= 11 is 4.64. The average molecular weight is 258 g/mol. The van der Waals surface area contributed by atoms with Crippen LogP contribution in [0.2, 0.25) is 0 Å². The summed E-state index contributed by atoms with van der Waals surface area (Å²) in [5.74, 6) is -1.46. The van der Waals surface area contributed by atoms with E-state index >= 15 is 0 Å². The first-order valence-corrected chi connectivity index (χ1v) is 4.92. The van der Waals surface area contributed by atoms with Gasteiger partial charge >= 0.3 is 5.97 Å². The van der Waals surface area contributed by atoms with Crippen LogP contribution in [0.15, 0.2) is 12.1 Å². The summed E-state index contributed by atoms with van der Waals surface area (Å²) < 4.78 is 22.9. The Morgan fingerprint density at radius 3 is 2.59 bits per heavy atom. The van der Waals surface area contributed by atoms with Crippen LogP contribution in [0.3, 0.4) is 0 Å². The molecule has 0 saturated carbocycles. The van der Waals surface area contributed by atoms with E-state index in [1.807, 2.05) is 0 Å². The molecule has 0 spiro atoms. The van der Waals surface area contributed by atoms with Gasteiger partial charge in [-0.2, -0.15) is 0 Å². The molecule has 0 atom stereocenters. The van der Waals surface area contributed by atoms with Crippen LogP contribution >= 0.6 is 12.2 Å². The minimum atomic E-state index is -0.714. The maximum absolute atomic E-state index is 13.6. The highest BCUT2D eigenvalue weighted by Crippen LogP contribution is 2.29. The van der Waals surface area contributed by atoms with Gasteiger partial charge < -0.3 is 20.5 Å². The van der Waals surface area contributed by atoms with Crippen molar-refractivity contribution in [2.75, 3.05) is 19.5 Å². The van der Waals surface area contributed by atoms with Gasteiger partial charge in [0, 0.05) is 0 Å². The van der Waals surface area contributed by atoms with E-state index < -0.39 is 11.8 Å². The molecular formula is C10H11FN2O3S. The summed E-state index contributed by atoms with van der Waals surface area (Å²) in [4.78, 5) is 11.3. The zero-order chi connectivity index (χ0) is 13.0. The van der Waals surface area contributed by atoms with Crippen molar-refractivity contribution < 1.29 is 18.7 Å². The van der Waals surface area contributed by atoms with Crippen molar-refractivity contribution in [1.82, 2.24) is 0 Å². The van der Waals surface area contributed by atoms with Crippen LogP contribution in [0.5, 0.6) is 5.75 Å². The predicted molar refractivity (Wildman–Crippen MR) is 64.7 cm³/mol. The van der Waals surface area contributed by atoms with Gasteiger partial charge in [-0.3, -0.25) is 0 Å². The number of methoxy groups -OCH3 is 2. The summed E-state index contributed by atoms with van der Waals surface area (Å²) in [5.41, 5.74) is 5.48. The minimum absolute atomic E-state index is 0.0320. The lowest BCUT2D eigenvalue weighted by molar-refractivity contribution is 0.0600. The molecule has 0 amide bonds. The van der Waals surface area contributed by atoms with E-state index in [1.54, 1.807) is 0 Å². The zero-order valence-corrected chi connectivity index (χ0v) is 10.1. The number of halogens is 1. The second kappa shape index (κ2) is 5.44. The quantitative estimate of drug-likeness (QED) is 0.628. The summed E-state index contributed by atoms with van der Waals surface area (Å²) in [6.45, 7) is 0. The maximum Gasteiger partial charge on any atom is 0.338 e. The molecule has 0 saturated heterocycles. The van der Waals surface area contributed by atoms with Gasteiger partial charge in [-0.05, 0) is 24.4 Å². The molecule has 17 heavy (non-hydrogen) atoms. The van der Waals surface area contributed by atoms with Crippen molar-refractivity contribution in [3.63, 3.8) is 0 Å². The Bertz CT molecular complexity index is 465. The van der Waals surface area contributed by atoms with Crippen molar-refractivity contribution in [2.24, 2.45) is 5.73 Å². The first-order chi connectivity index (χ1) is 7.99. The SMILES string of the molecule is COC(=O)c1cc(F)c(OC)c(NC(N)=S)c1. The Labute approximate surface area is 103 Å². The van der Waals surface area contributed by atoms with Crippen LogP contribution in [0.4, 0.5) is 10.1 Å².